The lowest BCUT2D eigenvalue weighted by Gasteiger charge is -2.38. The van der Waals surface area contributed by atoms with Gasteiger partial charge in [0.2, 0.25) is 0 Å². The fourth-order valence-electron chi connectivity index (χ4n) is 8.44. The van der Waals surface area contributed by atoms with Crippen LogP contribution in [0.3, 0.4) is 0 Å². The summed E-state index contributed by atoms with van der Waals surface area (Å²) in [6.45, 7) is 10.3. The fraction of sp³-hybridized carbons (Fsp3) is 0.676. The summed E-state index contributed by atoms with van der Waals surface area (Å²) >= 11 is 0. The minimum Gasteiger partial charge on any atom is -0.461 e. The van der Waals surface area contributed by atoms with Crippen LogP contribution < -0.4 is 19.9 Å². The van der Waals surface area contributed by atoms with Crippen LogP contribution in [0.4, 0.5) is 16.3 Å². The fourth-order valence-corrected chi connectivity index (χ4v) is 8.44. The number of carbonyl (C=O) groups is 1. The lowest BCUT2D eigenvalue weighted by molar-refractivity contribution is 0.0483. The second-order valence-corrected chi connectivity index (χ2v) is 14.2. The molecular formula is C34H49N7O3. The van der Waals surface area contributed by atoms with E-state index >= 15 is 0 Å². The number of amides is 1. The van der Waals surface area contributed by atoms with Crippen LogP contribution in [0.15, 0.2) is 24.3 Å². The Labute approximate surface area is 262 Å². The molecule has 2 bridgehead atoms. The predicted octanol–water partition coefficient (Wildman–Crippen LogP) is 4.18. The van der Waals surface area contributed by atoms with Crippen LogP contribution in [0, 0.1) is 0 Å². The molecule has 5 aliphatic heterocycles. The van der Waals surface area contributed by atoms with E-state index in [0.717, 1.165) is 76.3 Å². The molecule has 10 heteroatoms. The average molecular weight is 604 g/mol. The van der Waals surface area contributed by atoms with E-state index in [1.54, 1.807) is 14.1 Å². The van der Waals surface area contributed by atoms with Crippen molar-refractivity contribution in [2.75, 3.05) is 63.3 Å². The Morgan fingerprint density at radius 1 is 1.07 bits per heavy atom. The molecule has 44 heavy (non-hydrogen) atoms. The van der Waals surface area contributed by atoms with Gasteiger partial charge in [-0.05, 0) is 69.0 Å². The van der Waals surface area contributed by atoms with Crippen molar-refractivity contribution < 1.29 is 14.3 Å². The Bertz CT molecular complexity index is 1360. The van der Waals surface area contributed by atoms with Gasteiger partial charge >= 0.3 is 12.1 Å². The first kappa shape index (κ1) is 29.6. The topological polar surface area (TPSA) is 86.3 Å². The zero-order valence-electron chi connectivity index (χ0n) is 26.9. The number of aromatic nitrogens is 2. The van der Waals surface area contributed by atoms with Gasteiger partial charge in [-0.15, -0.1) is 0 Å². The lowest BCUT2D eigenvalue weighted by Crippen LogP contribution is -2.52. The molecule has 4 fully saturated rings. The number of benzene rings is 1. The predicted molar refractivity (Wildman–Crippen MR) is 172 cm³/mol. The second-order valence-electron chi connectivity index (χ2n) is 14.2. The number of ether oxygens (including phenoxy) is 2. The summed E-state index contributed by atoms with van der Waals surface area (Å²) in [5.74, 6) is 1.54. The summed E-state index contributed by atoms with van der Waals surface area (Å²) in [6.07, 6.45) is 7.39. The molecule has 0 aliphatic carbocycles. The number of piperazine rings is 1. The molecule has 1 amide bonds. The first-order chi connectivity index (χ1) is 21.3. The Morgan fingerprint density at radius 3 is 2.64 bits per heavy atom. The number of para-hydroxylation sites is 1. The van der Waals surface area contributed by atoms with Crippen molar-refractivity contribution in [2.24, 2.45) is 0 Å². The molecule has 0 radical (unpaired) electrons. The summed E-state index contributed by atoms with van der Waals surface area (Å²) < 4.78 is 12.2. The number of fused-ring (bicyclic) bond motifs is 4. The van der Waals surface area contributed by atoms with E-state index in [9.17, 15) is 4.79 Å². The molecule has 5 aliphatic rings. The lowest BCUT2D eigenvalue weighted by atomic mass is 9.95. The molecular weight excluding hydrogens is 554 g/mol. The van der Waals surface area contributed by atoms with Crippen molar-refractivity contribution in [1.82, 2.24) is 25.1 Å². The smallest absolute Gasteiger partial charge is 0.409 e. The SMILES string of the molecule is CC(C)c1ccccc1N1CCc2c(nc(OCC34CCCN3[C@@H](COC(=O)N(C)C)CC4)nc2N2CC3CCC(C2)N3)C1. The molecule has 0 saturated carbocycles. The Balaban J connectivity index is 1.14. The highest BCUT2D eigenvalue weighted by Crippen LogP contribution is 2.43. The van der Waals surface area contributed by atoms with Gasteiger partial charge < -0.3 is 29.5 Å². The molecule has 1 aromatic heterocycles. The van der Waals surface area contributed by atoms with Crippen molar-refractivity contribution in [3.63, 3.8) is 0 Å². The number of nitrogens with one attached hydrogen (secondary N) is 1. The molecule has 1 N–H and O–H groups in total. The second kappa shape index (κ2) is 12.0. The standard InChI is InChI=1S/C34H49N7O3/c1-23(2)27-8-5-6-9-30(27)39-17-13-28-29(20-39)36-32(37-31(28)40-18-24-10-11-25(19-40)35-24)44-22-34-14-7-16-41(34)26(12-15-34)21-43-33(42)38(3)4/h5-6,8-9,23-26,35H,7,10-22H2,1-4H3/t24?,25?,26-,34?/m1/s1. The molecule has 1 aromatic carbocycles. The van der Waals surface area contributed by atoms with Gasteiger partial charge in [0.15, 0.2) is 0 Å². The number of nitrogens with zero attached hydrogens (tertiary/aromatic N) is 6. The highest BCUT2D eigenvalue weighted by atomic mass is 16.6. The van der Waals surface area contributed by atoms with E-state index in [4.69, 9.17) is 19.4 Å². The van der Waals surface area contributed by atoms with E-state index in [0.29, 0.717) is 37.2 Å². The number of hydrogen-bond donors (Lipinski definition) is 1. The van der Waals surface area contributed by atoms with Gasteiger partial charge in [-0.25, -0.2) is 4.79 Å². The number of anilines is 2. The summed E-state index contributed by atoms with van der Waals surface area (Å²) in [7, 11) is 3.46. The average Bonchev–Trinajstić information content (AvgIpc) is 3.70. The van der Waals surface area contributed by atoms with Crippen LogP contribution in [0.5, 0.6) is 6.01 Å². The minimum atomic E-state index is -0.278. The largest absolute Gasteiger partial charge is 0.461 e. The van der Waals surface area contributed by atoms with Gasteiger partial charge in [0.05, 0.1) is 17.8 Å². The van der Waals surface area contributed by atoms with Crippen molar-refractivity contribution >= 4 is 17.6 Å². The van der Waals surface area contributed by atoms with Gasteiger partial charge in [0.25, 0.3) is 0 Å². The third-order valence-electron chi connectivity index (χ3n) is 10.7. The first-order valence-electron chi connectivity index (χ1n) is 16.8. The molecule has 238 valence electrons. The van der Waals surface area contributed by atoms with Gasteiger partial charge in [-0.1, -0.05) is 32.0 Å². The summed E-state index contributed by atoms with van der Waals surface area (Å²) in [5, 5.41) is 3.78. The van der Waals surface area contributed by atoms with Gasteiger partial charge in [0, 0.05) is 63.1 Å². The van der Waals surface area contributed by atoms with Gasteiger partial charge in [-0.3, -0.25) is 4.90 Å². The Kier molecular flexibility index (Phi) is 8.07. The maximum atomic E-state index is 12.1. The molecule has 4 saturated heterocycles. The minimum absolute atomic E-state index is 0.0506. The van der Waals surface area contributed by atoms with E-state index in [1.807, 2.05) is 0 Å². The monoisotopic (exact) mass is 603 g/mol. The van der Waals surface area contributed by atoms with Crippen molar-refractivity contribution in [3.05, 3.63) is 41.1 Å². The zero-order valence-corrected chi connectivity index (χ0v) is 26.9. The highest BCUT2D eigenvalue weighted by Gasteiger charge is 2.50. The van der Waals surface area contributed by atoms with E-state index in [2.05, 4.69) is 58.1 Å². The Morgan fingerprint density at radius 2 is 1.86 bits per heavy atom. The van der Waals surface area contributed by atoms with E-state index in [1.165, 1.54) is 34.6 Å². The van der Waals surface area contributed by atoms with Crippen LogP contribution >= 0.6 is 0 Å². The van der Waals surface area contributed by atoms with E-state index < -0.39 is 0 Å². The molecule has 10 nitrogen and oxygen atoms in total. The van der Waals surface area contributed by atoms with Gasteiger partial charge in [-0.2, -0.15) is 9.97 Å². The van der Waals surface area contributed by atoms with Crippen LogP contribution in [-0.4, -0.2) is 103 Å². The first-order valence-corrected chi connectivity index (χ1v) is 16.8. The summed E-state index contributed by atoms with van der Waals surface area (Å²) in [4.78, 5) is 31.4. The van der Waals surface area contributed by atoms with Crippen LogP contribution in [0.2, 0.25) is 0 Å². The van der Waals surface area contributed by atoms with Gasteiger partial charge in [0.1, 0.15) is 19.0 Å². The third-order valence-corrected chi connectivity index (χ3v) is 10.7. The number of rotatable bonds is 8. The number of hydrogen-bond acceptors (Lipinski definition) is 9. The normalized spacial score (nSPS) is 27.9. The maximum Gasteiger partial charge on any atom is 0.409 e. The highest BCUT2D eigenvalue weighted by molar-refractivity contribution is 5.66. The van der Waals surface area contributed by atoms with Crippen LogP contribution in [0.25, 0.3) is 0 Å². The quantitative estimate of drug-likeness (QED) is 0.478. The molecule has 3 unspecified atom stereocenters. The third kappa shape index (κ3) is 5.60. The van der Waals surface area contributed by atoms with Crippen LogP contribution in [0.1, 0.15) is 75.1 Å². The van der Waals surface area contributed by atoms with E-state index in [-0.39, 0.29) is 17.7 Å². The maximum absolute atomic E-state index is 12.1. The van der Waals surface area contributed by atoms with Crippen molar-refractivity contribution in [1.29, 1.82) is 0 Å². The van der Waals surface area contributed by atoms with Crippen molar-refractivity contribution in [3.8, 4) is 6.01 Å². The molecule has 0 spiro atoms. The summed E-state index contributed by atoms with van der Waals surface area (Å²) in [6, 6.07) is 10.6. The zero-order chi connectivity index (χ0) is 30.4. The number of carbonyl (C=O) groups excluding carboxylic acids is 1. The molecule has 4 atom stereocenters. The molecule has 2 aromatic rings. The summed E-state index contributed by atoms with van der Waals surface area (Å²) in [5.41, 5.74) is 5.03. The Hall–Kier alpha value is -3.11. The molecule has 7 rings (SSSR count). The van der Waals surface area contributed by atoms with Crippen LogP contribution in [-0.2, 0) is 17.7 Å². The van der Waals surface area contributed by atoms with Crippen molar-refractivity contribution in [2.45, 2.75) is 94.9 Å². The molecule has 6 heterocycles.